The Labute approximate surface area is 122 Å². The van der Waals surface area contributed by atoms with Gasteiger partial charge in [0.1, 0.15) is 0 Å². The number of thiocarbonyl (C=S) groups is 1. The maximum absolute atomic E-state index is 5.31. The molecule has 19 heavy (non-hydrogen) atoms. The second kappa shape index (κ2) is 8.12. The zero-order chi connectivity index (χ0) is 14.3. The second-order valence-electron chi connectivity index (χ2n) is 4.73. The fourth-order valence-electron chi connectivity index (χ4n) is 1.99. The van der Waals surface area contributed by atoms with Crippen LogP contribution in [0.25, 0.3) is 0 Å². The molecule has 2 N–H and O–H groups in total. The zero-order valence-electron chi connectivity index (χ0n) is 12.4. The average molecular weight is 279 g/mol. The van der Waals surface area contributed by atoms with Gasteiger partial charge < -0.3 is 15.5 Å². The molecule has 0 radical (unpaired) electrons. The van der Waals surface area contributed by atoms with E-state index in [-0.39, 0.29) is 0 Å². The highest BCUT2D eigenvalue weighted by molar-refractivity contribution is 7.80. The van der Waals surface area contributed by atoms with Crippen LogP contribution in [-0.4, -0.2) is 36.2 Å². The molecule has 0 amide bonds. The van der Waals surface area contributed by atoms with Crippen LogP contribution >= 0.6 is 12.2 Å². The van der Waals surface area contributed by atoms with Gasteiger partial charge >= 0.3 is 0 Å². The third-order valence-corrected chi connectivity index (χ3v) is 3.48. The number of nitrogens with one attached hydrogen (secondary N) is 2. The van der Waals surface area contributed by atoms with Gasteiger partial charge in [-0.15, -0.1) is 0 Å². The number of hydrogen-bond donors (Lipinski definition) is 2. The molecule has 0 unspecified atom stereocenters. The first-order valence-corrected chi connectivity index (χ1v) is 7.32. The average Bonchev–Trinajstić information content (AvgIpc) is 2.38. The van der Waals surface area contributed by atoms with E-state index in [0.717, 1.165) is 31.9 Å². The van der Waals surface area contributed by atoms with Crippen LogP contribution in [0.4, 0.5) is 5.69 Å². The smallest absolute Gasteiger partial charge is 0.170 e. The van der Waals surface area contributed by atoms with Crippen molar-refractivity contribution in [2.75, 3.05) is 31.5 Å². The van der Waals surface area contributed by atoms with Crippen molar-refractivity contribution < 1.29 is 0 Å². The summed E-state index contributed by atoms with van der Waals surface area (Å²) in [6.45, 7) is 12.6. The summed E-state index contributed by atoms with van der Waals surface area (Å²) in [5.74, 6) is 0. The Hall–Kier alpha value is -1.13. The van der Waals surface area contributed by atoms with Gasteiger partial charge in [0, 0.05) is 18.8 Å². The van der Waals surface area contributed by atoms with E-state index in [4.69, 9.17) is 12.2 Å². The van der Waals surface area contributed by atoms with Crippen molar-refractivity contribution in [2.45, 2.75) is 27.7 Å². The topological polar surface area (TPSA) is 27.3 Å². The normalized spacial score (nSPS) is 10.6. The Kier molecular flexibility index (Phi) is 6.81. The largest absolute Gasteiger partial charge is 0.361 e. The summed E-state index contributed by atoms with van der Waals surface area (Å²) in [4.78, 5) is 2.37. The lowest BCUT2D eigenvalue weighted by molar-refractivity contribution is 0.308. The van der Waals surface area contributed by atoms with E-state index >= 15 is 0 Å². The lowest BCUT2D eigenvalue weighted by Crippen LogP contribution is -2.36. The zero-order valence-corrected chi connectivity index (χ0v) is 13.2. The third kappa shape index (κ3) is 5.57. The molecular formula is C15H25N3S. The van der Waals surface area contributed by atoms with Crippen molar-refractivity contribution >= 4 is 23.0 Å². The first-order valence-electron chi connectivity index (χ1n) is 6.91. The summed E-state index contributed by atoms with van der Waals surface area (Å²) in [6, 6.07) is 6.32. The van der Waals surface area contributed by atoms with Crippen molar-refractivity contribution in [3.8, 4) is 0 Å². The summed E-state index contributed by atoms with van der Waals surface area (Å²) in [5.41, 5.74) is 3.56. The van der Waals surface area contributed by atoms with Gasteiger partial charge in [-0.05, 0) is 50.8 Å². The Bertz CT molecular complexity index is 414. The van der Waals surface area contributed by atoms with E-state index in [1.807, 2.05) is 0 Å². The standard InChI is InChI=1S/C15H25N3S/c1-5-18(6-2)10-9-16-15(19)17-14-8-7-12(3)11-13(14)4/h7-8,11H,5-6,9-10H2,1-4H3,(H2,16,17,19). The van der Waals surface area contributed by atoms with Crippen molar-refractivity contribution in [3.05, 3.63) is 29.3 Å². The van der Waals surface area contributed by atoms with E-state index < -0.39 is 0 Å². The van der Waals surface area contributed by atoms with Crippen LogP contribution < -0.4 is 10.6 Å². The predicted octanol–water partition coefficient (Wildman–Crippen LogP) is 2.93. The minimum absolute atomic E-state index is 0.694. The predicted molar refractivity (Wildman–Crippen MR) is 87.9 cm³/mol. The molecule has 0 atom stereocenters. The summed E-state index contributed by atoms with van der Waals surface area (Å²) in [7, 11) is 0. The number of aryl methyl sites for hydroxylation is 2. The fourth-order valence-corrected chi connectivity index (χ4v) is 2.20. The van der Waals surface area contributed by atoms with Crippen LogP contribution in [0.15, 0.2) is 18.2 Å². The summed E-state index contributed by atoms with van der Waals surface area (Å²) < 4.78 is 0. The van der Waals surface area contributed by atoms with Crippen LogP contribution in [0.5, 0.6) is 0 Å². The van der Waals surface area contributed by atoms with Crippen LogP contribution in [-0.2, 0) is 0 Å². The minimum Gasteiger partial charge on any atom is -0.361 e. The molecule has 0 saturated carbocycles. The first kappa shape index (κ1) is 15.9. The Balaban J connectivity index is 2.39. The van der Waals surface area contributed by atoms with Gasteiger partial charge in [0.25, 0.3) is 0 Å². The second-order valence-corrected chi connectivity index (χ2v) is 5.13. The van der Waals surface area contributed by atoms with Crippen molar-refractivity contribution in [3.63, 3.8) is 0 Å². The summed E-state index contributed by atoms with van der Waals surface area (Å²) >= 11 is 5.31. The number of nitrogens with zero attached hydrogens (tertiary/aromatic N) is 1. The molecule has 0 aliphatic heterocycles. The van der Waals surface area contributed by atoms with Crippen LogP contribution in [0, 0.1) is 13.8 Å². The van der Waals surface area contributed by atoms with Gasteiger partial charge in [0.2, 0.25) is 0 Å². The molecule has 0 fully saturated rings. The summed E-state index contributed by atoms with van der Waals surface area (Å²) in [6.07, 6.45) is 0. The molecule has 0 saturated heterocycles. The SMILES string of the molecule is CCN(CC)CCNC(=S)Nc1ccc(C)cc1C. The highest BCUT2D eigenvalue weighted by Crippen LogP contribution is 2.15. The molecule has 1 aromatic rings. The van der Waals surface area contributed by atoms with Gasteiger partial charge in [0.05, 0.1) is 0 Å². The van der Waals surface area contributed by atoms with E-state index in [2.05, 4.69) is 61.4 Å². The minimum atomic E-state index is 0.694. The maximum atomic E-state index is 5.31. The molecule has 0 aromatic heterocycles. The van der Waals surface area contributed by atoms with E-state index in [1.165, 1.54) is 11.1 Å². The highest BCUT2D eigenvalue weighted by Gasteiger charge is 2.02. The molecule has 0 aliphatic rings. The van der Waals surface area contributed by atoms with Gasteiger partial charge in [-0.2, -0.15) is 0 Å². The maximum Gasteiger partial charge on any atom is 0.170 e. The molecule has 3 nitrogen and oxygen atoms in total. The lowest BCUT2D eigenvalue weighted by Gasteiger charge is -2.19. The molecule has 1 aromatic carbocycles. The molecule has 0 heterocycles. The van der Waals surface area contributed by atoms with E-state index in [9.17, 15) is 0 Å². The molecule has 0 spiro atoms. The van der Waals surface area contributed by atoms with Crippen molar-refractivity contribution in [2.24, 2.45) is 0 Å². The number of hydrogen-bond acceptors (Lipinski definition) is 2. The first-order chi connectivity index (χ1) is 9.06. The van der Waals surface area contributed by atoms with Crippen molar-refractivity contribution in [1.82, 2.24) is 10.2 Å². The molecule has 106 valence electrons. The Morgan fingerprint density at radius 3 is 2.47 bits per heavy atom. The fraction of sp³-hybridized carbons (Fsp3) is 0.533. The van der Waals surface area contributed by atoms with E-state index in [1.54, 1.807) is 0 Å². The molecular weight excluding hydrogens is 254 g/mol. The Morgan fingerprint density at radius 1 is 1.21 bits per heavy atom. The van der Waals surface area contributed by atoms with Gasteiger partial charge in [0.15, 0.2) is 5.11 Å². The van der Waals surface area contributed by atoms with Gasteiger partial charge in [-0.3, -0.25) is 0 Å². The monoisotopic (exact) mass is 279 g/mol. The number of benzene rings is 1. The Morgan fingerprint density at radius 2 is 1.89 bits per heavy atom. The number of rotatable bonds is 6. The number of anilines is 1. The molecule has 0 bridgehead atoms. The molecule has 1 rings (SSSR count). The third-order valence-electron chi connectivity index (χ3n) is 3.24. The lowest BCUT2D eigenvalue weighted by atomic mass is 10.1. The van der Waals surface area contributed by atoms with Crippen LogP contribution in [0.1, 0.15) is 25.0 Å². The van der Waals surface area contributed by atoms with Crippen molar-refractivity contribution in [1.29, 1.82) is 0 Å². The van der Waals surface area contributed by atoms with E-state index in [0.29, 0.717) is 5.11 Å². The quantitative estimate of drug-likeness (QED) is 0.783. The van der Waals surface area contributed by atoms with Crippen LogP contribution in [0.3, 0.4) is 0 Å². The molecule has 4 heteroatoms. The molecule has 0 aliphatic carbocycles. The number of likely N-dealkylation sites (N-methyl/N-ethyl adjacent to an activating group) is 1. The highest BCUT2D eigenvalue weighted by atomic mass is 32.1. The van der Waals surface area contributed by atoms with Gasteiger partial charge in [-0.1, -0.05) is 31.5 Å². The summed E-state index contributed by atoms with van der Waals surface area (Å²) in [5, 5.41) is 7.19. The van der Waals surface area contributed by atoms with Gasteiger partial charge in [-0.25, -0.2) is 0 Å². The van der Waals surface area contributed by atoms with Crippen LogP contribution in [0.2, 0.25) is 0 Å².